The number of anilines is 1. The number of nitrogens with one attached hydrogen (secondary N) is 1. The lowest BCUT2D eigenvalue weighted by molar-refractivity contribution is -0.384. The van der Waals surface area contributed by atoms with E-state index in [0.29, 0.717) is 5.69 Å². The van der Waals surface area contributed by atoms with E-state index in [2.05, 4.69) is 5.32 Å². The van der Waals surface area contributed by atoms with Gasteiger partial charge in [0.15, 0.2) is 0 Å². The van der Waals surface area contributed by atoms with Crippen molar-refractivity contribution in [3.63, 3.8) is 0 Å². The van der Waals surface area contributed by atoms with Gasteiger partial charge in [-0.2, -0.15) is 0 Å². The van der Waals surface area contributed by atoms with E-state index >= 15 is 0 Å². The van der Waals surface area contributed by atoms with Gasteiger partial charge in [0.1, 0.15) is 11.5 Å². The van der Waals surface area contributed by atoms with Gasteiger partial charge in [0.25, 0.3) is 11.6 Å². The lowest BCUT2D eigenvalue weighted by Gasteiger charge is -2.08. The molecule has 1 amide bonds. The number of hydrogen-bond acceptors (Lipinski definition) is 6. The van der Waals surface area contributed by atoms with Crippen LogP contribution in [0.25, 0.3) is 0 Å². The van der Waals surface area contributed by atoms with Crippen LogP contribution >= 0.6 is 0 Å². The van der Waals surface area contributed by atoms with Crippen LogP contribution in [0.1, 0.15) is 17.3 Å². The average Bonchev–Trinajstić information content (AvgIpc) is 2.46. The van der Waals surface area contributed by atoms with Crippen molar-refractivity contribution in [2.24, 2.45) is 0 Å². The van der Waals surface area contributed by atoms with Gasteiger partial charge in [0.2, 0.25) is 0 Å². The molecule has 0 fully saturated rings. The summed E-state index contributed by atoms with van der Waals surface area (Å²) < 4.78 is 4.89. The van der Waals surface area contributed by atoms with Crippen molar-refractivity contribution in [2.75, 3.05) is 5.32 Å². The summed E-state index contributed by atoms with van der Waals surface area (Å²) >= 11 is 0. The van der Waals surface area contributed by atoms with Crippen LogP contribution in [-0.2, 0) is 4.79 Å². The highest BCUT2D eigenvalue weighted by molar-refractivity contribution is 6.06. The fraction of sp³-hybridized carbons (Fsp3) is 0.0667. The zero-order valence-electron chi connectivity index (χ0n) is 12.0. The van der Waals surface area contributed by atoms with E-state index in [-0.39, 0.29) is 22.7 Å². The monoisotopic (exact) mass is 316 g/mol. The first kappa shape index (κ1) is 16.0. The maximum absolute atomic E-state index is 12.1. The number of nitro groups is 1. The van der Waals surface area contributed by atoms with Crippen LogP contribution in [0, 0.1) is 10.1 Å². The Hall–Kier alpha value is -3.42. The third-order valence-electron chi connectivity index (χ3n) is 2.79. The minimum atomic E-state index is -0.730. The number of phenolic OH excluding ortho intramolecular Hbond substituents is 1. The quantitative estimate of drug-likeness (QED) is 0.387. The molecule has 0 aliphatic rings. The molecule has 0 unspecified atom stereocenters. The topological polar surface area (TPSA) is 119 Å². The second kappa shape index (κ2) is 6.56. The van der Waals surface area contributed by atoms with Crippen molar-refractivity contribution in [1.29, 1.82) is 0 Å². The van der Waals surface area contributed by atoms with Crippen LogP contribution < -0.4 is 10.1 Å². The number of hydrogen-bond donors (Lipinski definition) is 2. The maximum atomic E-state index is 12.1. The first-order valence-corrected chi connectivity index (χ1v) is 6.44. The van der Waals surface area contributed by atoms with Crippen LogP contribution in [0.5, 0.6) is 11.5 Å². The molecule has 0 spiro atoms. The molecule has 2 aromatic carbocycles. The Morgan fingerprint density at radius 1 is 1.22 bits per heavy atom. The summed E-state index contributed by atoms with van der Waals surface area (Å²) in [5.41, 5.74) is -0.252. The molecular weight excluding hydrogens is 304 g/mol. The van der Waals surface area contributed by atoms with Gasteiger partial charge in [-0.05, 0) is 18.2 Å². The number of rotatable bonds is 4. The van der Waals surface area contributed by atoms with Gasteiger partial charge in [0.05, 0.1) is 10.5 Å². The van der Waals surface area contributed by atoms with Gasteiger partial charge in [0, 0.05) is 30.8 Å². The largest absolute Gasteiger partial charge is 0.507 e. The molecule has 0 aliphatic carbocycles. The van der Waals surface area contributed by atoms with Crippen LogP contribution in [0.15, 0.2) is 42.5 Å². The first-order chi connectivity index (χ1) is 10.9. The zero-order chi connectivity index (χ0) is 17.0. The Kier molecular flexibility index (Phi) is 4.55. The van der Waals surface area contributed by atoms with Crippen molar-refractivity contribution in [2.45, 2.75) is 6.92 Å². The molecule has 2 rings (SSSR count). The van der Waals surface area contributed by atoms with Gasteiger partial charge in [-0.3, -0.25) is 19.7 Å². The number of nitro benzene ring substituents is 1. The average molecular weight is 316 g/mol. The Balaban J connectivity index is 2.24. The molecule has 0 heterocycles. The van der Waals surface area contributed by atoms with Crippen molar-refractivity contribution < 1.29 is 24.4 Å². The fourth-order valence-electron chi connectivity index (χ4n) is 1.82. The van der Waals surface area contributed by atoms with E-state index in [1.165, 1.54) is 19.1 Å². The van der Waals surface area contributed by atoms with Crippen molar-refractivity contribution in [3.05, 3.63) is 58.1 Å². The highest BCUT2D eigenvalue weighted by atomic mass is 16.6. The summed E-state index contributed by atoms with van der Waals surface area (Å²) in [6, 6.07) is 9.17. The summed E-state index contributed by atoms with van der Waals surface area (Å²) in [6.45, 7) is 1.24. The van der Waals surface area contributed by atoms with Crippen LogP contribution in [0.2, 0.25) is 0 Å². The highest BCUT2D eigenvalue weighted by Gasteiger charge is 2.16. The Morgan fingerprint density at radius 3 is 2.61 bits per heavy atom. The van der Waals surface area contributed by atoms with Crippen LogP contribution in [0.3, 0.4) is 0 Å². The molecular formula is C15H12N2O6. The van der Waals surface area contributed by atoms with E-state index in [4.69, 9.17) is 4.74 Å². The molecule has 0 aromatic heterocycles. The summed E-state index contributed by atoms with van der Waals surface area (Å²) in [6.07, 6.45) is 0. The van der Waals surface area contributed by atoms with E-state index in [9.17, 15) is 24.8 Å². The number of amides is 1. The molecule has 0 bridgehead atoms. The van der Waals surface area contributed by atoms with Gasteiger partial charge >= 0.3 is 5.97 Å². The summed E-state index contributed by atoms with van der Waals surface area (Å²) in [4.78, 5) is 33.1. The highest BCUT2D eigenvalue weighted by Crippen LogP contribution is 2.25. The molecule has 0 atom stereocenters. The number of benzene rings is 2. The van der Waals surface area contributed by atoms with E-state index in [1.807, 2.05) is 0 Å². The molecule has 8 nitrogen and oxygen atoms in total. The summed E-state index contributed by atoms with van der Waals surface area (Å²) in [5.74, 6) is -1.39. The van der Waals surface area contributed by atoms with Gasteiger partial charge in [-0.15, -0.1) is 0 Å². The summed E-state index contributed by atoms with van der Waals surface area (Å²) in [7, 11) is 0. The summed E-state index contributed by atoms with van der Waals surface area (Å²) in [5, 5.41) is 22.9. The predicted molar refractivity (Wildman–Crippen MR) is 80.5 cm³/mol. The number of carbonyl (C=O) groups is 2. The van der Waals surface area contributed by atoms with Gasteiger partial charge in [-0.1, -0.05) is 6.07 Å². The number of aromatic hydroxyl groups is 1. The van der Waals surface area contributed by atoms with E-state index in [0.717, 1.165) is 18.2 Å². The maximum Gasteiger partial charge on any atom is 0.308 e. The minimum Gasteiger partial charge on any atom is -0.507 e. The van der Waals surface area contributed by atoms with Gasteiger partial charge < -0.3 is 15.2 Å². The Labute approximate surface area is 130 Å². The lowest BCUT2D eigenvalue weighted by Crippen LogP contribution is -2.12. The molecule has 0 saturated carbocycles. The molecule has 2 N–H and O–H groups in total. The molecule has 8 heteroatoms. The number of carbonyl (C=O) groups excluding carboxylic acids is 2. The van der Waals surface area contributed by atoms with Crippen molar-refractivity contribution in [1.82, 2.24) is 0 Å². The number of esters is 1. The molecule has 118 valence electrons. The number of ether oxygens (including phenoxy) is 1. The van der Waals surface area contributed by atoms with E-state index < -0.39 is 16.8 Å². The third kappa shape index (κ3) is 4.03. The smallest absolute Gasteiger partial charge is 0.308 e. The van der Waals surface area contributed by atoms with Crippen molar-refractivity contribution in [3.8, 4) is 11.5 Å². The predicted octanol–water partition coefficient (Wildman–Crippen LogP) is 2.48. The lowest BCUT2D eigenvalue weighted by atomic mass is 10.1. The fourth-order valence-corrected chi connectivity index (χ4v) is 1.82. The molecule has 23 heavy (non-hydrogen) atoms. The number of nitrogens with zero attached hydrogens (tertiary/aromatic N) is 1. The molecule has 2 aromatic rings. The van der Waals surface area contributed by atoms with Gasteiger partial charge in [-0.25, -0.2) is 0 Å². The normalized spacial score (nSPS) is 9.96. The molecule has 0 saturated heterocycles. The van der Waals surface area contributed by atoms with E-state index in [1.54, 1.807) is 12.1 Å². The molecule has 0 radical (unpaired) electrons. The first-order valence-electron chi connectivity index (χ1n) is 6.44. The second-order valence-corrected chi connectivity index (χ2v) is 4.53. The van der Waals surface area contributed by atoms with Crippen LogP contribution in [0.4, 0.5) is 11.4 Å². The van der Waals surface area contributed by atoms with Crippen LogP contribution in [-0.4, -0.2) is 21.9 Å². The standard InChI is InChI=1S/C15H12N2O6/c1-9(18)23-12-4-2-3-10(7-12)16-15(20)13-8-11(17(21)22)5-6-14(13)19/h2-8,19H,1H3,(H,16,20). The minimum absolute atomic E-state index is 0.235. The Bertz CT molecular complexity index is 787. The number of non-ortho nitro benzene ring substituents is 1. The Morgan fingerprint density at radius 2 is 1.96 bits per heavy atom. The second-order valence-electron chi connectivity index (χ2n) is 4.53. The third-order valence-corrected chi connectivity index (χ3v) is 2.79. The zero-order valence-corrected chi connectivity index (χ0v) is 12.0. The van der Waals surface area contributed by atoms with Crippen molar-refractivity contribution >= 4 is 23.3 Å². The SMILES string of the molecule is CC(=O)Oc1cccc(NC(=O)c2cc([N+](=O)[O-])ccc2O)c1. The molecule has 0 aliphatic heterocycles. The number of phenols is 1.